The van der Waals surface area contributed by atoms with E-state index in [4.69, 9.17) is 14.2 Å². The molecule has 2 rings (SSSR count). The molecule has 2 bridgehead atoms. The van der Waals surface area contributed by atoms with E-state index in [9.17, 15) is 5.26 Å². The summed E-state index contributed by atoms with van der Waals surface area (Å²) in [4.78, 5) is 0. The van der Waals surface area contributed by atoms with Crippen LogP contribution in [0.5, 0.6) is 0 Å². The Morgan fingerprint density at radius 2 is 1.42 bits per heavy atom. The molecule has 2 aliphatic heterocycles. The van der Waals surface area contributed by atoms with Gasteiger partial charge in [-0.05, 0) is 25.7 Å². The molecule has 4 nitrogen and oxygen atoms in total. The molecule has 3 atom stereocenters. The van der Waals surface area contributed by atoms with Gasteiger partial charge in [0.25, 0.3) is 0 Å². The number of hydrogen-bond donors (Lipinski definition) is 0. The number of ether oxygens (including phenoxy) is 3. The maximum Gasteiger partial charge on any atom is 0.158 e. The van der Waals surface area contributed by atoms with Crippen LogP contribution in [0.3, 0.4) is 0 Å². The third kappa shape index (κ3) is 8.84. The van der Waals surface area contributed by atoms with E-state index >= 15 is 0 Å². The summed E-state index contributed by atoms with van der Waals surface area (Å²) in [7, 11) is 0. The van der Waals surface area contributed by atoms with Gasteiger partial charge in [-0.3, -0.25) is 0 Å². The third-order valence-corrected chi connectivity index (χ3v) is 5.65. The van der Waals surface area contributed by atoms with Crippen molar-refractivity contribution in [2.75, 3.05) is 13.2 Å². The monoisotopic (exact) mass is 365 g/mol. The van der Waals surface area contributed by atoms with Gasteiger partial charge in [-0.1, -0.05) is 64.7 Å². The molecule has 3 unspecified atom stereocenters. The van der Waals surface area contributed by atoms with Gasteiger partial charge in [-0.2, -0.15) is 5.26 Å². The molecule has 26 heavy (non-hydrogen) atoms. The van der Waals surface area contributed by atoms with Gasteiger partial charge in [-0.25, -0.2) is 0 Å². The smallest absolute Gasteiger partial charge is 0.158 e. The van der Waals surface area contributed by atoms with E-state index in [0.717, 1.165) is 51.7 Å². The quantitative estimate of drug-likeness (QED) is 0.368. The lowest BCUT2D eigenvalue weighted by molar-refractivity contribution is -0.285. The minimum atomic E-state index is -0.0397. The molecular weight excluding hydrogens is 326 g/mol. The molecule has 150 valence electrons. The highest BCUT2D eigenvalue weighted by Crippen LogP contribution is 2.26. The summed E-state index contributed by atoms with van der Waals surface area (Å²) in [6.45, 7) is 3.70. The number of hydrogen-bond acceptors (Lipinski definition) is 4. The highest BCUT2D eigenvalue weighted by atomic mass is 16.7. The Hall–Kier alpha value is -0.630. The van der Waals surface area contributed by atoms with E-state index in [2.05, 4.69) is 13.0 Å². The Labute approximate surface area is 160 Å². The normalized spacial score (nSPS) is 26.4. The zero-order valence-electron chi connectivity index (χ0n) is 16.8. The fourth-order valence-corrected chi connectivity index (χ4v) is 4.05. The van der Waals surface area contributed by atoms with Gasteiger partial charge in [0.05, 0.1) is 31.5 Å². The van der Waals surface area contributed by atoms with E-state index in [-0.39, 0.29) is 24.4 Å². The number of fused-ring (bicyclic) bond motifs is 2. The molecule has 4 heteroatoms. The summed E-state index contributed by atoms with van der Waals surface area (Å²) < 4.78 is 17.3. The Kier molecular flexibility index (Phi) is 11.3. The van der Waals surface area contributed by atoms with Gasteiger partial charge in [0.15, 0.2) is 6.29 Å². The lowest BCUT2D eigenvalue weighted by atomic mass is 9.95. The maximum atomic E-state index is 9.35. The summed E-state index contributed by atoms with van der Waals surface area (Å²) in [6.07, 6.45) is 17.2. The van der Waals surface area contributed by atoms with Crippen molar-refractivity contribution in [1.29, 1.82) is 5.26 Å². The molecular formula is C22H39NO3. The fourth-order valence-electron chi connectivity index (χ4n) is 4.05. The lowest BCUT2D eigenvalue weighted by Gasteiger charge is -2.39. The van der Waals surface area contributed by atoms with E-state index < -0.39 is 0 Å². The first-order valence-corrected chi connectivity index (χ1v) is 11.1. The standard InChI is InChI=1S/C22H39NO3/c1-2-3-4-5-6-7-9-12-19(16-23)13-10-8-11-14-22-25-20-15-21(26-22)18-24-17-20/h19-22H,2-15,17-18H2,1H3. The van der Waals surface area contributed by atoms with Crippen LogP contribution < -0.4 is 0 Å². The molecule has 0 saturated carbocycles. The second kappa shape index (κ2) is 13.5. The minimum Gasteiger partial charge on any atom is -0.376 e. The van der Waals surface area contributed by atoms with Gasteiger partial charge >= 0.3 is 0 Å². The number of nitrogens with zero attached hydrogens (tertiary/aromatic N) is 1. The second-order valence-electron chi connectivity index (χ2n) is 8.09. The zero-order valence-corrected chi connectivity index (χ0v) is 16.8. The van der Waals surface area contributed by atoms with Crippen LogP contribution in [0.15, 0.2) is 0 Å². The van der Waals surface area contributed by atoms with Crippen LogP contribution in [0.2, 0.25) is 0 Å². The SMILES string of the molecule is CCCCCCCCCC(C#N)CCCCCC1OC2COCC(C2)O1. The molecule has 2 fully saturated rings. The van der Waals surface area contributed by atoms with Crippen molar-refractivity contribution in [1.82, 2.24) is 0 Å². The number of rotatable bonds is 14. The summed E-state index contributed by atoms with van der Waals surface area (Å²) in [6, 6.07) is 2.52. The van der Waals surface area contributed by atoms with Crippen molar-refractivity contribution in [2.24, 2.45) is 5.92 Å². The second-order valence-corrected chi connectivity index (χ2v) is 8.09. The number of nitriles is 1. The fraction of sp³-hybridized carbons (Fsp3) is 0.955. The van der Waals surface area contributed by atoms with Crippen molar-refractivity contribution in [3.8, 4) is 6.07 Å². The van der Waals surface area contributed by atoms with Crippen molar-refractivity contribution >= 4 is 0 Å². The van der Waals surface area contributed by atoms with Gasteiger partial charge in [-0.15, -0.1) is 0 Å². The van der Waals surface area contributed by atoms with Crippen molar-refractivity contribution in [3.05, 3.63) is 0 Å². The highest BCUT2D eigenvalue weighted by molar-refractivity contribution is 4.82. The van der Waals surface area contributed by atoms with Gasteiger partial charge in [0.1, 0.15) is 0 Å². The molecule has 0 aliphatic carbocycles. The topological polar surface area (TPSA) is 51.5 Å². The summed E-state index contributed by atoms with van der Waals surface area (Å²) in [5.74, 6) is 0.254. The molecule has 0 amide bonds. The first-order valence-electron chi connectivity index (χ1n) is 11.1. The predicted molar refractivity (Wildman–Crippen MR) is 104 cm³/mol. The zero-order chi connectivity index (χ0) is 18.5. The van der Waals surface area contributed by atoms with Crippen LogP contribution in [0.25, 0.3) is 0 Å². The highest BCUT2D eigenvalue weighted by Gasteiger charge is 2.33. The first kappa shape index (κ1) is 21.7. The van der Waals surface area contributed by atoms with Crippen molar-refractivity contribution < 1.29 is 14.2 Å². The minimum absolute atomic E-state index is 0.0397. The van der Waals surface area contributed by atoms with Crippen LogP contribution in [-0.2, 0) is 14.2 Å². The van der Waals surface area contributed by atoms with Gasteiger partial charge in [0, 0.05) is 12.3 Å². The van der Waals surface area contributed by atoms with E-state index in [1.54, 1.807) is 0 Å². The van der Waals surface area contributed by atoms with E-state index in [0.29, 0.717) is 0 Å². The Morgan fingerprint density at radius 3 is 2.04 bits per heavy atom. The molecule has 2 aliphatic rings. The summed E-state index contributed by atoms with van der Waals surface area (Å²) in [5, 5.41) is 9.35. The third-order valence-electron chi connectivity index (χ3n) is 5.65. The average molecular weight is 366 g/mol. The average Bonchev–Trinajstić information content (AvgIpc) is 2.65. The Morgan fingerprint density at radius 1 is 0.846 bits per heavy atom. The summed E-state index contributed by atoms with van der Waals surface area (Å²) in [5.41, 5.74) is 0. The first-order chi connectivity index (χ1) is 12.8. The molecule has 0 aromatic rings. The molecule has 2 saturated heterocycles. The predicted octanol–water partition coefficient (Wildman–Crippen LogP) is 5.75. The van der Waals surface area contributed by atoms with Crippen LogP contribution >= 0.6 is 0 Å². The van der Waals surface area contributed by atoms with Crippen LogP contribution in [-0.4, -0.2) is 31.7 Å². The van der Waals surface area contributed by atoms with Gasteiger partial charge in [0.2, 0.25) is 0 Å². The molecule has 0 spiro atoms. The van der Waals surface area contributed by atoms with Crippen LogP contribution in [0, 0.1) is 17.2 Å². The van der Waals surface area contributed by atoms with Crippen molar-refractivity contribution in [3.63, 3.8) is 0 Å². The van der Waals surface area contributed by atoms with Crippen molar-refractivity contribution in [2.45, 2.75) is 115 Å². The molecule has 0 aromatic carbocycles. The Balaban J connectivity index is 1.43. The van der Waals surface area contributed by atoms with Crippen LogP contribution in [0.1, 0.15) is 96.8 Å². The number of unbranched alkanes of at least 4 members (excludes halogenated alkanes) is 8. The largest absolute Gasteiger partial charge is 0.376 e. The van der Waals surface area contributed by atoms with E-state index in [1.165, 1.54) is 51.4 Å². The molecule has 2 heterocycles. The van der Waals surface area contributed by atoms with Crippen LogP contribution in [0.4, 0.5) is 0 Å². The molecule has 0 aromatic heterocycles. The maximum absolute atomic E-state index is 9.35. The Bertz CT molecular complexity index is 383. The van der Waals surface area contributed by atoms with Gasteiger partial charge < -0.3 is 14.2 Å². The van der Waals surface area contributed by atoms with E-state index in [1.807, 2.05) is 0 Å². The molecule has 0 radical (unpaired) electrons. The summed E-state index contributed by atoms with van der Waals surface area (Å²) >= 11 is 0. The lowest BCUT2D eigenvalue weighted by Crippen LogP contribution is -2.46. The molecule has 0 N–H and O–H groups in total.